The molecule has 0 radical (unpaired) electrons. The zero-order valence-electron chi connectivity index (χ0n) is 26.4. The minimum Gasteiger partial charge on any atom is -0.544 e. The predicted octanol–water partition coefficient (Wildman–Crippen LogP) is 2.52. The van der Waals surface area contributed by atoms with E-state index in [2.05, 4.69) is 28.6 Å². The number of carboxylic acids is 1. The summed E-state index contributed by atoms with van der Waals surface area (Å²) in [5.74, 6) is 6.26. The van der Waals surface area contributed by atoms with Gasteiger partial charge in [-0.25, -0.2) is 4.98 Å². The summed E-state index contributed by atoms with van der Waals surface area (Å²) >= 11 is 1.11. The van der Waals surface area contributed by atoms with Crippen LogP contribution in [0.25, 0.3) is 0 Å². The molecule has 0 saturated heterocycles. The maximum absolute atomic E-state index is 14.1. The molecule has 2 saturated carbocycles. The average molecular weight is 602 g/mol. The van der Waals surface area contributed by atoms with Gasteiger partial charge in [0.2, 0.25) is 11.8 Å². The van der Waals surface area contributed by atoms with Crippen molar-refractivity contribution in [3.63, 3.8) is 0 Å². The van der Waals surface area contributed by atoms with E-state index in [1.54, 1.807) is 17.2 Å². The van der Waals surface area contributed by atoms with Crippen molar-refractivity contribution in [2.24, 2.45) is 17.3 Å². The Labute approximate surface area is 277 Å². The average Bonchev–Trinajstić information content (AvgIpc) is 3.33. The van der Waals surface area contributed by atoms with Gasteiger partial charge in [-0.15, -0.1) is 11.3 Å². The molecule has 0 N–H and O–H groups in total. The van der Waals surface area contributed by atoms with Gasteiger partial charge in [0.15, 0.2) is 0 Å². The van der Waals surface area contributed by atoms with Crippen LogP contribution in [0, 0.1) is 29.1 Å². The van der Waals surface area contributed by atoms with Crippen LogP contribution in [0.4, 0.5) is 5.69 Å². The fraction of sp³-hybridized carbons (Fsp3) is 0.606. The summed E-state index contributed by atoms with van der Waals surface area (Å²) in [7, 11) is 4.06. The first kappa shape index (κ1) is 34.6. The van der Waals surface area contributed by atoms with Crippen molar-refractivity contribution in [3.8, 4) is 17.7 Å². The number of anilines is 1. The van der Waals surface area contributed by atoms with E-state index in [0.717, 1.165) is 74.8 Å². The Kier molecular flexibility index (Phi) is 12.5. The molecule has 2 aromatic heterocycles. The summed E-state index contributed by atoms with van der Waals surface area (Å²) in [6.07, 6.45) is 8.46. The minimum atomic E-state index is -1.26. The second kappa shape index (κ2) is 15.2. The Bertz CT molecular complexity index is 1280. The van der Waals surface area contributed by atoms with Crippen molar-refractivity contribution in [2.45, 2.75) is 97.8 Å². The van der Waals surface area contributed by atoms with E-state index < -0.39 is 5.97 Å². The SMILES string of the molecule is CC1CCC(C(=O)N(c2cc(C#CC(C)(C)C)sc2C(=O)[O-])C2CCC(Oc3cc(CN(C)C)ccn3)CC2)CC1.[Na+]. The van der Waals surface area contributed by atoms with E-state index in [4.69, 9.17) is 4.74 Å². The topological polar surface area (TPSA) is 85.8 Å². The van der Waals surface area contributed by atoms with Crippen molar-refractivity contribution >= 4 is 28.9 Å². The normalized spacial score (nSPS) is 22.5. The molecule has 0 atom stereocenters. The molecule has 1 amide bonds. The zero-order valence-corrected chi connectivity index (χ0v) is 29.2. The van der Waals surface area contributed by atoms with Gasteiger partial charge in [0.25, 0.3) is 0 Å². The Morgan fingerprint density at radius 2 is 1.74 bits per heavy atom. The number of carbonyl (C=O) groups is 2. The van der Waals surface area contributed by atoms with E-state index in [0.29, 0.717) is 22.4 Å². The third-order valence-electron chi connectivity index (χ3n) is 7.91. The van der Waals surface area contributed by atoms with Gasteiger partial charge < -0.3 is 24.4 Å². The molecule has 0 bridgehead atoms. The maximum Gasteiger partial charge on any atom is 1.00 e. The van der Waals surface area contributed by atoms with Crippen LogP contribution in [0.1, 0.15) is 99.2 Å². The number of carbonyl (C=O) groups excluding carboxylic acids is 2. The Morgan fingerprint density at radius 1 is 1.07 bits per heavy atom. The molecule has 4 rings (SSSR count). The number of hydrogen-bond donors (Lipinski definition) is 0. The van der Waals surface area contributed by atoms with Crippen LogP contribution in [0.5, 0.6) is 5.88 Å². The van der Waals surface area contributed by atoms with Crippen molar-refractivity contribution in [1.82, 2.24) is 9.88 Å². The number of amides is 1. The summed E-state index contributed by atoms with van der Waals surface area (Å²) in [5.41, 5.74) is 1.36. The van der Waals surface area contributed by atoms with Crippen molar-refractivity contribution < 1.29 is 49.0 Å². The molecule has 7 nitrogen and oxygen atoms in total. The van der Waals surface area contributed by atoms with E-state index >= 15 is 0 Å². The summed E-state index contributed by atoms with van der Waals surface area (Å²) in [5, 5.41) is 12.3. The van der Waals surface area contributed by atoms with Gasteiger partial charge >= 0.3 is 29.6 Å². The fourth-order valence-corrected chi connectivity index (χ4v) is 6.62. The summed E-state index contributed by atoms with van der Waals surface area (Å²) < 4.78 is 6.28. The van der Waals surface area contributed by atoms with Gasteiger partial charge in [-0.2, -0.15) is 0 Å². The molecule has 2 aliphatic rings. The first-order chi connectivity index (χ1) is 19.4. The number of aromatic nitrogens is 1. The van der Waals surface area contributed by atoms with Crippen LogP contribution in [0.2, 0.25) is 0 Å². The van der Waals surface area contributed by atoms with Gasteiger partial charge in [-0.05, 0) is 110 Å². The number of thiophene rings is 1. The third-order valence-corrected chi connectivity index (χ3v) is 8.93. The Balaban J connectivity index is 0.00000484. The first-order valence-electron chi connectivity index (χ1n) is 14.9. The van der Waals surface area contributed by atoms with Crippen LogP contribution in [0.15, 0.2) is 24.4 Å². The van der Waals surface area contributed by atoms with Crippen LogP contribution < -0.4 is 44.3 Å². The number of carboxylic acid groups (broad SMARTS) is 1. The molecule has 42 heavy (non-hydrogen) atoms. The smallest absolute Gasteiger partial charge is 0.544 e. The zero-order chi connectivity index (χ0) is 29.7. The van der Waals surface area contributed by atoms with Crippen molar-refractivity contribution in [2.75, 3.05) is 19.0 Å². The van der Waals surface area contributed by atoms with Crippen LogP contribution in [-0.2, 0) is 11.3 Å². The fourth-order valence-electron chi connectivity index (χ4n) is 5.79. The van der Waals surface area contributed by atoms with Gasteiger partial charge in [-0.1, -0.05) is 18.8 Å². The molecule has 222 valence electrons. The number of nitrogens with zero attached hydrogens (tertiary/aromatic N) is 3. The van der Waals surface area contributed by atoms with Gasteiger partial charge in [0, 0.05) is 36.2 Å². The third kappa shape index (κ3) is 9.56. The number of aromatic carboxylic acids is 1. The molecule has 9 heteroatoms. The monoisotopic (exact) mass is 601 g/mol. The number of pyridine rings is 1. The number of hydrogen-bond acceptors (Lipinski definition) is 7. The molecule has 2 fully saturated rings. The Hall–Kier alpha value is -1.89. The van der Waals surface area contributed by atoms with Crippen LogP contribution >= 0.6 is 11.3 Å². The number of ether oxygens (including phenoxy) is 1. The minimum absolute atomic E-state index is 0. The summed E-state index contributed by atoms with van der Waals surface area (Å²) in [6, 6.07) is 5.67. The molecule has 2 aromatic rings. The van der Waals surface area contributed by atoms with Gasteiger partial charge in [-0.3, -0.25) is 4.79 Å². The molecule has 0 aliphatic heterocycles. The summed E-state index contributed by atoms with van der Waals surface area (Å²) in [6.45, 7) is 9.10. The molecule has 2 aliphatic carbocycles. The molecule has 2 heterocycles. The predicted molar refractivity (Wildman–Crippen MR) is 162 cm³/mol. The largest absolute Gasteiger partial charge is 1.00 e. The Morgan fingerprint density at radius 3 is 2.33 bits per heavy atom. The quantitative estimate of drug-likeness (QED) is 0.342. The van der Waals surface area contributed by atoms with Gasteiger partial charge in [0.1, 0.15) is 6.10 Å². The van der Waals surface area contributed by atoms with E-state index in [1.165, 1.54) is 0 Å². The van der Waals surface area contributed by atoms with Crippen LogP contribution in [0.3, 0.4) is 0 Å². The number of rotatable bonds is 8. The molecular weight excluding hydrogens is 557 g/mol. The van der Waals surface area contributed by atoms with Crippen molar-refractivity contribution in [1.29, 1.82) is 0 Å². The second-order valence-electron chi connectivity index (χ2n) is 13.1. The molecule has 0 unspecified atom stereocenters. The standard InChI is InChI=1S/C33H45N3O4S.Na/c1-22-7-9-24(10-8-22)31(37)36(28-20-27(15-17-33(2,3)4)41-30(28)32(38)39)25-11-13-26(14-12-25)40-29-19-23(16-18-34-29)21-35(5)6;/h16,18-20,22,24-26H,7-14,21H2,1-6H3,(H,38,39);/q;+1/p-1. The molecule has 0 aromatic carbocycles. The molecular formula is C33H44N3NaO4S. The first-order valence-corrected chi connectivity index (χ1v) is 15.7. The van der Waals surface area contributed by atoms with E-state index in [1.807, 2.05) is 47.0 Å². The summed E-state index contributed by atoms with van der Waals surface area (Å²) in [4.78, 5) is 35.5. The van der Waals surface area contributed by atoms with Gasteiger partial charge in [0.05, 0.1) is 21.4 Å². The van der Waals surface area contributed by atoms with E-state index in [9.17, 15) is 14.7 Å². The van der Waals surface area contributed by atoms with E-state index in [-0.39, 0.29) is 63.8 Å². The molecule has 0 spiro atoms. The van der Waals surface area contributed by atoms with Crippen LogP contribution in [-0.4, -0.2) is 48.0 Å². The maximum atomic E-state index is 14.1. The second-order valence-corrected chi connectivity index (χ2v) is 14.1. The van der Waals surface area contributed by atoms with Crippen molar-refractivity contribution in [3.05, 3.63) is 39.7 Å².